The van der Waals surface area contributed by atoms with E-state index in [1.807, 2.05) is 19.1 Å². The van der Waals surface area contributed by atoms with E-state index < -0.39 is 17.8 Å². The van der Waals surface area contributed by atoms with Crippen molar-refractivity contribution in [2.75, 3.05) is 13.2 Å². The van der Waals surface area contributed by atoms with Gasteiger partial charge in [-0.1, -0.05) is 18.2 Å². The topological polar surface area (TPSA) is 93.7 Å². The Balaban J connectivity index is 2.30. The zero-order chi connectivity index (χ0) is 16.4. The molecular weight excluding hydrogens is 288 g/mol. The molecule has 0 aliphatic heterocycles. The van der Waals surface area contributed by atoms with Crippen LogP contribution in [0, 0.1) is 6.92 Å². The van der Waals surface area contributed by atoms with Gasteiger partial charge in [0, 0.05) is 12.2 Å². The second-order valence-corrected chi connectivity index (χ2v) is 4.18. The maximum atomic E-state index is 11.5. The highest BCUT2D eigenvalue weighted by atomic mass is 16.5. The number of ether oxygens (including phenoxy) is 2. The number of benzene rings is 1. The van der Waals surface area contributed by atoms with Gasteiger partial charge in [0.2, 0.25) is 0 Å². The van der Waals surface area contributed by atoms with Crippen LogP contribution in [-0.4, -0.2) is 31.0 Å². The Morgan fingerprint density at radius 3 is 2.55 bits per heavy atom. The number of nitrogens with one attached hydrogen (secondary N) is 2. The molecule has 0 aliphatic carbocycles. The summed E-state index contributed by atoms with van der Waals surface area (Å²) in [4.78, 5) is 33.8. The summed E-state index contributed by atoms with van der Waals surface area (Å²) in [5.41, 5.74) is 5.18. The molecule has 1 aromatic rings. The maximum Gasteiger partial charge on any atom is 0.330 e. The molecule has 118 valence electrons. The van der Waals surface area contributed by atoms with Crippen LogP contribution in [0.15, 0.2) is 36.4 Å². The molecule has 0 saturated carbocycles. The Hall–Kier alpha value is -2.83. The Labute approximate surface area is 128 Å². The maximum absolute atomic E-state index is 11.5. The third-order valence-electron chi connectivity index (χ3n) is 2.43. The minimum atomic E-state index is -0.655. The van der Waals surface area contributed by atoms with Crippen molar-refractivity contribution < 1.29 is 23.9 Å². The van der Waals surface area contributed by atoms with Crippen molar-refractivity contribution >= 4 is 17.8 Å². The average molecular weight is 306 g/mol. The highest BCUT2D eigenvalue weighted by Crippen LogP contribution is 2.15. The van der Waals surface area contributed by atoms with Crippen molar-refractivity contribution in [3.05, 3.63) is 42.0 Å². The molecule has 0 atom stereocenters. The molecule has 7 nitrogen and oxygen atoms in total. The molecule has 22 heavy (non-hydrogen) atoms. The SMILES string of the molecule is CCOC(=O)/C=C/C(=O)NNC(=O)COc1ccccc1C. The van der Waals surface area contributed by atoms with E-state index in [4.69, 9.17) is 4.74 Å². The standard InChI is InChI=1S/C15H18N2O5/c1-3-21-15(20)9-8-13(18)16-17-14(19)10-22-12-7-5-4-6-11(12)2/h4-9H,3,10H2,1-2H3,(H,16,18)(H,17,19)/b9-8+. The Morgan fingerprint density at radius 2 is 1.86 bits per heavy atom. The number of hydrogen-bond donors (Lipinski definition) is 2. The highest BCUT2D eigenvalue weighted by molar-refractivity contribution is 5.95. The summed E-state index contributed by atoms with van der Waals surface area (Å²) in [5, 5.41) is 0. The summed E-state index contributed by atoms with van der Waals surface area (Å²) in [5.74, 6) is -1.23. The van der Waals surface area contributed by atoms with Gasteiger partial charge >= 0.3 is 5.97 Å². The lowest BCUT2D eigenvalue weighted by Gasteiger charge is -2.09. The fourth-order valence-corrected chi connectivity index (χ4v) is 1.40. The predicted octanol–water partition coefficient (Wildman–Crippen LogP) is 0.641. The summed E-state index contributed by atoms with van der Waals surface area (Å²) in [6, 6.07) is 7.25. The van der Waals surface area contributed by atoms with E-state index in [0.717, 1.165) is 17.7 Å². The zero-order valence-corrected chi connectivity index (χ0v) is 12.4. The van der Waals surface area contributed by atoms with E-state index in [1.54, 1.807) is 19.1 Å². The predicted molar refractivity (Wildman–Crippen MR) is 78.7 cm³/mol. The van der Waals surface area contributed by atoms with Crippen LogP contribution >= 0.6 is 0 Å². The molecule has 1 rings (SSSR count). The van der Waals surface area contributed by atoms with Crippen molar-refractivity contribution in [1.82, 2.24) is 10.9 Å². The van der Waals surface area contributed by atoms with Gasteiger partial charge in [0.15, 0.2) is 6.61 Å². The van der Waals surface area contributed by atoms with Gasteiger partial charge in [-0.15, -0.1) is 0 Å². The molecule has 0 unspecified atom stereocenters. The lowest BCUT2D eigenvalue weighted by Crippen LogP contribution is -2.43. The summed E-state index contributed by atoms with van der Waals surface area (Å²) < 4.78 is 9.91. The number of aryl methyl sites for hydroxylation is 1. The molecular formula is C15H18N2O5. The van der Waals surface area contributed by atoms with Gasteiger partial charge in [-0.25, -0.2) is 4.79 Å². The first-order valence-corrected chi connectivity index (χ1v) is 6.65. The number of amides is 2. The Morgan fingerprint density at radius 1 is 1.14 bits per heavy atom. The number of para-hydroxylation sites is 1. The number of hydrogen-bond acceptors (Lipinski definition) is 5. The zero-order valence-electron chi connectivity index (χ0n) is 12.4. The first kappa shape index (κ1) is 17.2. The normalized spacial score (nSPS) is 10.1. The fraction of sp³-hybridized carbons (Fsp3) is 0.267. The van der Waals surface area contributed by atoms with Crippen LogP contribution in [-0.2, 0) is 19.1 Å². The van der Waals surface area contributed by atoms with E-state index in [-0.39, 0.29) is 13.2 Å². The number of hydrazine groups is 1. The van der Waals surface area contributed by atoms with Crippen LogP contribution in [0.25, 0.3) is 0 Å². The van der Waals surface area contributed by atoms with Gasteiger partial charge in [0.25, 0.3) is 11.8 Å². The van der Waals surface area contributed by atoms with Crippen molar-refractivity contribution in [1.29, 1.82) is 0 Å². The van der Waals surface area contributed by atoms with Gasteiger partial charge in [0.05, 0.1) is 6.61 Å². The van der Waals surface area contributed by atoms with E-state index in [0.29, 0.717) is 5.75 Å². The van der Waals surface area contributed by atoms with Crippen LogP contribution in [0.4, 0.5) is 0 Å². The Bertz CT molecular complexity index is 569. The molecule has 0 heterocycles. The van der Waals surface area contributed by atoms with E-state index in [1.165, 1.54) is 0 Å². The monoisotopic (exact) mass is 306 g/mol. The van der Waals surface area contributed by atoms with Gasteiger partial charge in [-0.05, 0) is 25.5 Å². The number of rotatable bonds is 6. The molecule has 2 amide bonds. The quantitative estimate of drug-likeness (QED) is 0.457. The van der Waals surface area contributed by atoms with Crippen molar-refractivity contribution in [3.63, 3.8) is 0 Å². The summed E-state index contributed by atoms with van der Waals surface area (Å²) in [6.07, 6.45) is 1.93. The first-order valence-electron chi connectivity index (χ1n) is 6.65. The van der Waals surface area contributed by atoms with Crippen LogP contribution in [0.3, 0.4) is 0 Å². The molecule has 0 radical (unpaired) electrons. The molecule has 0 aliphatic rings. The van der Waals surface area contributed by atoms with E-state index in [9.17, 15) is 14.4 Å². The van der Waals surface area contributed by atoms with Crippen molar-refractivity contribution in [3.8, 4) is 5.75 Å². The summed E-state index contributed by atoms with van der Waals surface area (Å²) in [6.45, 7) is 3.49. The van der Waals surface area contributed by atoms with Crippen LogP contribution in [0.2, 0.25) is 0 Å². The highest BCUT2D eigenvalue weighted by Gasteiger charge is 2.05. The molecule has 0 bridgehead atoms. The number of carbonyl (C=O) groups excluding carboxylic acids is 3. The van der Waals surface area contributed by atoms with Gasteiger partial charge in [-0.2, -0.15) is 0 Å². The third-order valence-corrected chi connectivity index (χ3v) is 2.43. The average Bonchev–Trinajstić information content (AvgIpc) is 2.50. The van der Waals surface area contributed by atoms with Gasteiger partial charge in [0.1, 0.15) is 5.75 Å². The minimum Gasteiger partial charge on any atom is -0.483 e. The molecule has 0 saturated heterocycles. The van der Waals surface area contributed by atoms with E-state index in [2.05, 4.69) is 15.6 Å². The van der Waals surface area contributed by atoms with E-state index >= 15 is 0 Å². The number of esters is 1. The second-order valence-electron chi connectivity index (χ2n) is 4.18. The van der Waals surface area contributed by atoms with Crippen molar-refractivity contribution in [2.45, 2.75) is 13.8 Å². The first-order chi connectivity index (χ1) is 10.5. The van der Waals surface area contributed by atoms with Crippen LogP contribution in [0.1, 0.15) is 12.5 Å². The third kappa shape index (κ3) is 6.56. The molecule has 0 aromatic heterocycles. The lowest BCUT2D eigenvalue weighted by molar-refractivity contribution is -0.137. The number of carbonyl (C=O) groups is 3. The van der Waals surface area contributed by atoms with Gasteiger partial charge < -0.3 is 9.47 Å². The van der Waals surface area contributed by atoms with Crippen LogP contribution in [0.5, 0.6) is 5.75 Å². The van der Waals surface area contributed by atoms with Crippen molar-refractivity contribution in [2.24, 2.45) is 0 Å². The fourth-order valence-electron chi connectivity index (χ4n) is 1.40. The molecule has 1 aromatic carbocycles. The molecule has 2 N–H and O–H groups in total. The molecule has 0 fully saturated rings. The summed E-state index contributed by atoms with van der Waals surface area (Å²) >= 11 is 0. The Kier molecular flexibility index (Phi) is 7.18. The molecule has 7 heteroatoms. The summed E-state index contributed by atoms with van der Waals surface area (Å²) in [7, 11) is 0. The lowest BCUT2D eigenvalue weighted by atomic mass is 10.2. The van der Waals surface area contributed by atoms with Crippen LogP contribution < -0.4 is 15.6 Å². The second kappa shape index (κ2) is 9.17. The smallest absolute Gasteiger partial charge is 0.330 e. The largest absolute Gasteiger partial charge is 0.483 e. The molecule has 0 spiro atoms. The van der Waals surface area contributed by atoms with Gasteiger partial charge in [-0.3, -0.25) is 20.4 Å². The minimum absolute atomic E-state index is 0.220.